The summed E-state index contributed by atoms with van der Waals surface area (Å²) in [4.78, 5) is 24.9. The summed E-state index contributed by atoms with van der Waals surface area (Å²) in [6, 6.07) is 18.3. The van der Waals surface area contributed by atoms with Crippen LogP contribution in [0.2, 0.25) is 0 Å². The van der Waals surface area contributed by atoms with Crippen molar-refractivity contribution in [2.45, 2.75) is 6.92 Å². The molecule has 3 aromatic rings. The van der Waals surface area contributed by atoms with E-state index in [9.17, 15) is 9.59 Å². The lowest BCUT2D eigenvalue weighted by Crippen LogP contribution is -2.25. The standard InChI is InChI=1S/C19H19N3O3/c1-14-18(20-17(23)13-25-16-11-7-4-8-12-16)19(24)22(21(14)2)15-9-5-3-6-10-15/h3-12H,13H2,1-2H3,(H,20,23). The van der Waals surface area contributed by atoms with E-state index in [1.807, 2.05) is 48.5 Å². The van der Waals surface area contributed by atoms with Crippen molar-refractivity contribution in [1.29, 1.82) is 0 Å². The molecule has 0 aliphatic carbocycles. The average Bonchev–Trinajstić information content (AvgIpc) is 2.85. The normalized spacial score (nSPS) is 10.5. The van der Waals surface area contributed by atoms with Crippen LogP contribution in [-0.2, 0) is 11.8 Å². The van der Waals surface area contributed by atoms with Crippen molar-refractivity contribution < 1.29 is 9.53 Å². The van der Waals surface area contributed by atoms with Gasteiger partial charge in [0.05, 0.1) is 11.4 Å². The molecule has 0 radical (unpaired) electrons. The van der Waals surface area contributed by atoms with E-state index in [4.69, 9.17) is 4.74 Å². The molecule has 1 heterocycles. The summed E-state index contributed by atoms with van der Waals surface area (Å²) in [6.45, 7) is 1.62. The second kappa shape index (κ2) is 7.09. The molecule has 1 aromatic heterocycles. The Bertz CT molecular complexity index is 928. The van der Waals surface area contributed by atoms with Crippen molar-refractivity contribution in [3.05, 3.63) is 76.7 Å². The van der Waals surface area contributed by atoms with Crippen molar-refractivity contribution in [3.63, 3.8) is 0 Å². The number of amides is 1. The summed E-state index contributed by atoms with van der Waals surface area (Å²) in [6.07, 6.45) is 0. The molecule has 0 aliphatic rings. The Labute approximate surface area is 145 Å². The lowest BCUT2D eigenvalue weighted by molar-refractivity contribution is -0.118. The van der Waals surface area contributed by atoms with Gasteiger partial charge in [0, 0.05) is 7.05 Å². The third-order valence-electron chi connectivity index (χ3n) is 3.93. The Morgan fingerprint density at radius 1 is 1.04 bits per heavy atom. The number of carbonyl (C=O) groups is 1. The minimum atomic E-state index is -0.380. The van der Waals surface area contributed by atoms with Crippen LogP contribution in [0, 0.1) is 6.92 Å². The van der Waals surface area contributed by atoms with E-state index < -0.39 is 0 Å². The molecule has 6 nitrogen and oxygen atoms in total. The van der Waals surface area contributed by atoms with E-state index >= 15 is 0 Å². The van der Waals surface area contributed by atoms with Gasteiger partial charge in [-0.05, 0) is 31.2 Å². The third-order valence-corrected chi connectivity index (χ3v) is 3.93. The van der Waals surface area contributed by atoms with E-state index in [0.717, 1.165) is 5.69 Å². The maximum atomic E-state index is 12.7. The molecule has 0 bridgehead atoms. The molecule has 1 N–H and O–H groups in total. The van der Waals surface area contributed by atoms with Gasteiger partial charge < -0.3 is 10.1 Å². The predicted molar refractivity (Wildman–Crippen MR) is 96.3 cm³/mol. The molecule has 25 heavy (non-hydrogen) atoms. The van der Waals surface area contributed by atoms with Gasteiger partial charge in [-0.25, -0.2) is 4.68 Å². The molecule has 3 rings (SSSR count). The second-order valence-electron chi connectivity index (χ2n) is 5.59. The summed E-state index contributed by atoms with van der Waals surface area (Å²) < 4.78 is 8.64. The van der Waals surface area contributed by atoms with Gasteiger partial charge in [-0.15, -0.1) is 0 Å². The van der Waals surface area contributed by atoms with Crippen LogP contribution in [0.15, 0.2) is 65.5 Å². The number of ether oxygens (including phenoxy) is 1. The average molecular weight is 337 g/mol. The first-order valence-corrected chi connectivity index (χ1v) is 7.89. The minimum absolute atomic E-state index is 0.164. The molecule has 0 saturated carbocycles. The highest BCUT2D eigenvalue weighted by molar-refractivity contribution is 5.92. The van der Waals surface area contributed by atoms with Gasteiger partial charge in [0.1, 0.15) is 11.4 Å². The fourth-order valence-corrected chi connectivity index (χ4v) is 2.55. The third kappa shape index (κ3) is 3.47. The van der Waals surface area contributed by atoms with E-state index in [-0.39, 0.29) is 23.8 Å². The monoisotopic (exact) mass is 337 g/mol. The van der Waals surface area contributed by atoms with Gasteiger partial charge in [-0.3, -0.25) is 14.3 Å². The number of nitrogens with one attached hydrogen (secondary N) is 1. The molecular formula is C19H19N3O3. The van der Waals surface area contributed by atoms with E-state index in [1.54, 1.807) is 30.8 Å². The highest BCUT2D eigenvalue weighted by atomic mass is 16.5. The maximum Gasteiger partial charge on any atom is 0.295 e. The highest BCUT2D eigenvalue weighted by Gasteiger charge is 2.18. The van der Waals surface area contributed by atoms with Crippen LogP contribution in [0.25, 0.3) is 5.69 Å². The molecule has 2 aromatic carbocycles. The molecule has 128 valence electrons. The maximum absolute atomic E-state index is 12.7. The van der Waals surface area contributed by atoms with Crippen molar-refractivity contribution in [2.24, 2.45) is 7.05 Å². The van der Waals surface area contributed by atoms with Gasteiger partial charge in [0.15, 0.2) is 6.61 Å². The SMILES string of the molecule is Cc1c(NC(=O)COc2ccccc2)c(=O)n(-c2ccccc2)n1C. The van der Waals surface area contributed by atoms with Gasteiger partial charge in [0.25, 0.3) is 11.5 Å². The van der Waals surface area contributed by atoms with E-state index in [0.29, 0.717) is 11.4 Å². The Kier molecular flexibility index (Phi) is 4.70. The summed E-state index contributed by atoms with van der Waals surface area (Å²) in [5.41, 5.74) is 1.38. The van der Waals surface area contributed by atoms with Crippen LogP contribution in [0.4, 0.5) is 5.69 Å². The summed E-state index contributed by atoms with van der Waals surface area (Å²) in [5, 5.41) is 2.66. The predicted octanol–water partition coefficient (Wildman–Crippen LogP) is 2.50. The largest absolute Gasteiger partial charge is 0.484 e. The zero-order valence-corrected chi connectivity index (χ0v) is 14.1. The van der Waals surface area contributed by atoms with Crippen molar-refractivity contribution in [3.8, 4) is 11.4 Å². The zero-order chi connectivity index (χ0) is 17.8. The fraction of sp³-hybridized carbons (Fsp3) is 0.158. The first kappa shape index (κ1) is 16.6. The molecular weight excluding hydrogens is 318 g/mol. The second-order valence-corrected chi connectivity index (χ2v) is 5.59. The molecule has 0 fully saturated rings. The number of aromatic nitrogens is 2. The number of anilines is 1. The number of para-hydroxylation sites is 2. The molecule has 0 saturated heterocycles. The Morgan fingerprint density at radius 2 is 1.64 bits per heavy atom. The highest BCUT2D eigenvalue weighted by Crippen LogP contribution is 2.14. The van der Waals surface area contributed by atoms with Crippen LogP contribution in [0.5, 0.6) is 5.75 Å². The Morgan fingerprint density at radius 3 is 2.28 bits per heavy atom. The van der Waals surface area contributed by atoms with Crippen molar-refractivity contribution in [1.82, 2.24) is 9.36 Å². The quantitative estimate of drug-likeness (QED) is 0.778. The minimum Gasteiger partial charge on any atom is -0.484 e. The van der Waals surface area contributed by atoms with E-state index in [2.05, 4.69) is 5.32 Å². The number of rotatable bonds is 5. The van der Waals surface area contributed by atoms with Crippen LogP contribution in [-0.4, -0.2) is 21.9 Å². The summed E-state index contributed by atoms with van der Waals surface area (Å²) in [5.74, 6) is 0.221. The van der Waals surface area contributed by atoms with Crippen LogP contribution >= 0.6 is 0 Å². The van der Waals surface area contributed by atoms with Gasteiger partial charge in [-0.2, -0.15) is 0 Å². The van der Waals surface area contributed by atoms with Crippen LogP contribution < -0.4 is 15.6 Å². The smallest absolute Gasteiger partial charge is 0.295 e. The number of hydrogen-bond acceptors (Lipinski definition) is 3. The Hall–Kier alpha value is -3.28. The van der Waals surface area contributed by atoms with Crippen LogP contribution in [0.1, 0.15) is 5.69 Å². The summed E-state index contributed by atoms with van der Waals surface area (Å²) >= 11 is 0. The molecule has 0 unspecified atom stereocenters. The number of carbonyl (C=O) groups excluding carboxylic acids is 1. The van der Waals surface area contributed by atoms with Gasteiger partial charge in [0.2, 0.25) is 0 Å². The molecule has 6 heteroatoms. The van der Waals surface area contributed by atoms with E-state index in [1.165, 1.54) is 4.68 Å². The molecule has 0 aliphatic heterocycles. The lowest BCUT2D eigenvalue weighted by atomic mass is 10.3. The zero-order valence-electron chi connectivity index (χ0n) is 14.1. The van der Waals surface area contributed by atoms with Crippen LogP contribution in [0.3, 0.4) is 0 Å². The number of nitrogens with zero attached hydrogens (tertiary/aromatic N) is 2. The molecule has 0 atom stereocenters. The topological polar surface area (TPSA) is 65.3 Å². The Balaban J connectivity index is 1.79. The van der Waals surface area contributed by atoms with Crippen molar-refractivity contribution >= 4 is 11.6 Å². The molecule has 1 amide bonds. The van der Waals surface area contributed by atoms with Gasteiger partial charge >= 0.3 is 0 Å². The molecule has 0 spiro atoms. The number of hydrogen-bond donors (Lipinski definition) is 1. The summed E-state index contributed by atoms with van der Waals surface area (Å²) in [7, 11) is 1.78. The fourth-order valence-electron chi connectivity index (χ4n) is 2.55. The first-order valence-electron chi connectivity index (χ1n) is 7.89. The first-order chi connectivity index (χ1) is 12.1. The lowest BCUT2D eigenvalue weighted by Gasteiger charge is -2.07. The van der Waals surface area contributed by atoms with Crippen molar-refractivity contribution in [2.75, 3.05) is 11.9 Å². The number of benzene rings is 2. The van der Waals surface area contributed by atoms with Gasteiger partial charge in [-0.1, -0.05) is 36.4 Å².